The van der Waals surface area contributed by atoms with Gasteiger partial charge in [0, 0.05) is 6.04 Å². The summed E-state index contributed by atoms with van der Waals surface area (Å²) in [6, 6.07) is 13.1. The summed E-state index contributed by atoms with van der Waals surface area (Å²) in [6.45, 7) is 14.0. The van der Waals surface area contributed by atoms with Crippen LogP contribution in [0.4, 0.5) is 4.79 Å². The van der Waals surface area contributed by atoms with E-state index >= 15 is 0 Å². The number of carbonyl (C=O) groups excluding carboxylic acids is 1. The Kier molecular flexibility index (Phi) is 5.77. The van der Waals surface area contributed by atoms with E-state index in [2.05, 4.69) is 53.1 Å². The number of rotatable bonds is 4. The van der Waals surface area contributed by atoms with E-state index in [-0.39, 0.29) is 12.1 Å². The molecule has 1 aliphatic rings. The normalized spacial score (nSPS) is 18.1. The third-order valence-corrected chi connectivity index (χ3v) is 11.6. The van der Waals surface area contributed by atoms with Gasteiger partial charge in [0.1, 0.15) is 20.7 Å². The van der Waals surface area contributed by atoms with Crippen LogP contribution < -0.4 is 0 Å². The van der Waals surface area contributed by atoms with Gasteiger partial charge in [-0.2, -0.15) is 0 Å². The highest BCUT2D eigenvalue weighted by Gasteiger charge is 2.42. The Morgan fingerprint density at radius 2 is 1.58 bits per heavy atom. The molecule has 1 aromatic rings. The first kappa shape index (κ1) is 18.6. The molecule has 4 heteroatoms. The molecule has 24 heavy (non-hydrogen) atoms. The quantitative estimate of drug-likeness (QED) is 0.544. The van der Waals surface area contributed by atoms with Crippen molar-refractivity contribution in [3.05, 3.63) is 35.9 Å². The summed E-state index contributed by atoms with van der Waals surface area (Å²) in [5.41, 5.74) is 6.31. The Morgan fingerprint density at radius 1 is 1.04 bits per heavy atom. The molecule has 130 valence electrons. The Morgan fingerprint density at radius 3 is 2.08 bits per heavy atom. The van der Waals surface area contributed by atoms with E-state index in [0.29, 0.717) is 23.2 Å². The second kappa shape index (κ2) is 7.44. The summed E-state index contributed by atoms with van der Waals surface area (Å²) in [7, 11) is -1.87. The van der Waals surface area contributed by atoms with Crippen LogP contribution in [0.15, 0.2) is 30.3 Å². The zero-order chi connectivity index (χ0) is 17.9. The van der Waals surface area contributed by atoms with Crippen LogP contribution in [0.2, 0.25) is 16.6 Å². The maximum atomic E-state index is 12.2. The first-order valence-corrected chi connectivity index (χ1v) is 11.1. The Bertz CT molecular complexity index is 606. The molecule has 0 unspecified atom stereocenters. The molecule has 1 aromatic carbocycles. The number of amides is 1. The second-order valence-corrected chi connectivity index (χ2v) is 13.1. The lowest BCUT2D eigenvalue weighted by Crippen LogP contribution is -2.43. The van der Waals surface area contributed by atoms with Crippen LogP contribution in [0.3, 0.4) is 0 Å². The van der Waals surface area contributed by atoms with Crippen molar-refractivity contribution in [3.8, 4) is 11.6 Å². The standard InChI is InChI=1S/C20H29NO2Si/c1-15(2)24(16(3)4,17(5)6)13-12-21-19(14-23-20(21)22)18-10-8-7-9-11-18/h7-11,15-17,19H,14H2,1-6H3/t19-/m0/s1. The van der Waals surface area contributed by atoms with Gasteiger partial charge in [0.2, 0.25) is 0 Å². The molecule has 0 aliphatic carbocycles. The Labute approximate surface area is 147 Å². The molecule has 0 aromatic heterocycles. The fourth-order valence-corrected chi connectivity index (χ4v) is 9.24. The number of hydrogen-bond donors (Lipinski definition) is 0. The monoisotopic (exact) mass is 343 g/mol. The van der Waals surface area contributed by atoms with Crippen LogP contribution in [0.25, 0.3) is 0 Å². The summed E-state index contributed by atoms with van der Waals surface area (Å²) in [5.74, 6) is 0. The average molecular weight is 344 g/mol. The van der Waals surface area contributed by atoms with Gasteiger partial charge in [0.05, 0.1) is 0 Å². The predicted octanol–water partition coefficient (Wildman–Crippen LogP) is 5.36. The van der Waals surface area contributed by atoms with Crippen molar-refractivity contribution < 1.29 is 9.53 Å². The lowest BCUT2D eigenvalue weighted by molar-refractivity contribution is 0.167. The highest BCUT2D eigenvalue weighted by Crippen LogP contribution is 2.41. The smallest absolute Gasteiger partial charge is 0.422 e. The molecule has 1 fully saturated rings. The van der Waals surface area contributed by atoms with Crippen molar-refractivity contribution in [3.63, 3.8) is 0 Å². The molecule has 1 heterocycles. The molecule has 1 amide bonds. The van der Waals surface area contributed by atoms with E-state index < -0.39 is 8.07 Å². The average Bonchev–Trinajstić information content (AvgIpc) is 2.89. The van der Waals surface area contributed by atoms with Crippen LogP contribution in [-0.2, 0) is 4.74 Å². The first-order chi connectivity index (χ1) is 11.3. The van der Waals surface area contributed by atoms with E-state index in [1.54, 1.807) is 4.90 Å². The summed E-state index contributed by atoms with van der Waals surface area (Å²) in [4.78, 5) is 13.8. The summed E-state index contributed by atoms with van der Waals surface area (Å²) >= 11 is 0. The molecule has 2 rings (SSSR count). The second-order valence-electron chi connectivity index (χ2n) is 7.51. The van der Waals surface area contributed by atoms with Crippen LogP contribution in [0, 0.1) is 11.6 Å². The Hall–Kier alpha value is -1.73. The molecule has 0 N–H and O–H groups in total. The van der Waals surface area contributed by atoms with Gasteiger partial charge in [-0.25, -0.2) is 9.69 Å². The zero-order valence-electron chi connectivity index (χ0n) is 15.7. The minimum absolute atomic E-state index is 0.107. The van der Waals surface area contributed by atoms with Crippen molar-refractivity contribution in [2.75, 3.05) is 6.61 Å². The number of ether oxygens (including phenoxy) is 1. The van der Waals surface area contributed by atoms with Crippen LogP contribution in [-0.4, -0.2) is 25.7 Å². The minimum Gasteiger partial charge on any atom is -0.446 e. The van der Waals surface area contributed by atoms with E-state index in [9.17, 15) is 4.79 Å². The molecule has 0 saturated carbocycles. The third kappa shape index (κ3) is 3.37. The number of carbonyl (C=O) groups is 1. The highest BCUT2D eigenvalue weighted by molar-refractivity contribution is 6.90. The molecule has 3 nitrogen and oxygen atoms in total. The van der Waals surface area contributed by atoms with Gasteiger partial charge in [0.15, 0.2) is 0 Å². The number of nitrogens with zero attached hydrogens (tertiary/aromatic N) is 1. The molecular weight excluding hydrogens is 314 g/mol. The molecule has 0 bridgehead atoms. The van der Waals surface area contributed by atoms with E-state index in [1.807, 2.05) is 30.3 Å². The maximum absolute atomic E-state index is 12.2. The van der Waals surface area contributed by atoms with E-state index in [4.69, 9.17) is 4.74 Å². The minimum atomic E-state index is -1.87. The number of benzene rings is 1. The van der Waals surface area contributed by atoms with Crippen molar-refractivity contribution >= 4 is 14.2 Å². The molecule has 0 spiro atoms. The van der Waals surface area contributed by atoms with Gasteiger partial charge in [-0.15, -0.1) is 5.54 Å². The third-order valence-electron chi connectivity index (χ3n) is 5.32. The summed E-state index contributed by atoms with van der Waals surface area (Å²) in [5, 5.41) is 0. The maximum Gasteiger partial charge on any atom is 0.422 e. The van der Waals surface area contributed by atoms with E-state index in [0.717, 1.165) is 5.56 Å². The Balaban J connectivity index is 2.40. The van der Waals surface area contributed by atoms with Crippen molar-refractivity contribution in [2.24, 2.45) is 0 Å². The van der Waals surface area contributed by atoms with E-state index in [1.165, 1.54) is 0 Å². The van der Waals surface area contributed by atoms with Crippen LogP contribution in [0.5, 0.6) is 0 Å². The van der Waals surface area contributed by atoms with Crippen molar-refractivity contribution in [1.82, 2.24) is 4.90 Å². The fourth-order valence-electron chi connectivity index (χ4n) is 4.06. The topological polar surface area (TPSA) is 29.5 Å². The first-order valence-electron chi connectivity index (χ1n) is 8.84. The molecule has 1 saturated heterocycles. The molecule has 1 aliphatic heterocycles. The molecule has 0 radical (unpaired) electrons. The lowest BCUT2D eigenvalue weighted by Gasteiger charge is -2.38. The largest absolute Gasteiger partial charge is 0.446 e. The van der Waals surface area contributed by atoms with Crippen LogP contribution >= 0.6 is 0 Å². The number of hydrogen-bond acceptors (Lipinski definition) is 2. The van der Waals surface area contributed by atoms with Crippen molar-refractivity contribution in [1.29, 1.82) is 0 Å². The van der Waals surface area contributed by atoms with Gasteiger partial charge in [-0.1, -0.05) is 71.9 Å². The van der Waals surface area contributed by atoms with Gasteiger partial charge < -0.3 is 4.74 Å². The predicted molar refractivity (Wildman–Crippen MR) is 101 cm³/mol. The molecular formula is C20H29NO2Si. The zero-order valence-corrected chi connectivity index (χ0v) is 16.7. The fraction of sp³-hybridized carbons (Fsp3) is 0.550. The van der Waals surface area contributed by atoms with Gasteiger partial charge in [-0.3, -0.25) is 0 Å². The van der Waals surface area contributed by atoms with Gasteiger partial charge >= 0.3 is 6.09 Å². The highest BCUT2D eigenvalue weighted by atomic mass is 28.3. The lowest BCUT2D eigenvalue weighted by atomic mass is 10.1. The summed E-state index contributed by atoms with van der Waals surface area (Å²) in [6.07, 6.45) is -0.324. The van der Waals surface area contributed by atoms with Gasteiger partial charge in [0.25, 0.3) is 0 Å². The molecule has 1 atom stereocenters. The SMILES string of the molecule is CC(C)[Si](C#CN1C(=O)OC[C@H]1c1ccccc1)(C(C)C)C(C)C. The van der Waals surface area contributed by atoms with Gasteiger partial charge in [-0.05, 0) is 22.2 Å². The number of cyclic esters (lactones) is 1. The van der Waals surface area contributed by atoms with Crippen LogP contribution in [0.1, 0.15) is 53.1 Å². The summed E-state index contributed by atoms with van der Waals surface area (Å²) < 4.78 is 5.28. The van der Waals surface area contributed by atoms with Crippen molar-refractivity contribution in [2.45, 2.75) is 64.2 Å².